The van der Waals surface area contributed by atoms with E-state index in [9.17, 15) is 4.21 Å². The van der Waals surface area contributed by atoms with Gasteiger partial charge in [-0.15, -0.1) is 0 Å². The molecule has 0 radical (unpaired) electrons. The molecule has 2 N–H and O–H groups in total. The number of nitrogens with one attached hydrogen (secondary N) is 2. The maximum Gasteiger partial charge on any atom is 0.136 e. The molecule has 1 aromatic heterocycles. The molecule has 1 aliphatic carbocycles. The largest absolute Gasteiger partial charge is 0.373 e. The maximum absolute atomic E-state index is 11.1. The highest BCUT2D eigenvalue weighted by Gasteiger charge is 2.28. The molecule has 1 aromatic rings. The van der Waals surface area contributed by atoms with E-state index in [0.29, 0.717) is 18.2 Å². The van der Waals surface area contributed by atoms with Gasteiger partial charge in [0.1, 0.15) is 17.5 Å². The van der Waals surface area contributed by atoms with Gasteiger partial charge in [-0.2, -0.15) is 0 Å². The first-order valence-corrected chi connectivity index (χ1v) is 7.94. The number of hydrogen-bond donors (Lipinski definition) is 2. The van der Waals surface area contributed by atoms with E-state index in [4.69, 9.17) is 0 Å². The summed E-state index contributed by atoms with van der Waals surface area (Å²) in [4.78, 5) is 9.11. The first kappa shape index (κ1) is 13.3. The second-order valence-electron chi connectivity index (χ2n) is 4.63. The molecule has 1 aliphatic rings. The molecule has 1 saturated carbocycles. The zero-order chi connectivity index (χ0) is 13.1. The molecular weight excluding hydrogens is 248 g/mol. The molecular formula is C12H20N4OS. The molecule has 2 rings (SSSR count). The van der Waals surface area contributed by atoms with Crippen molar-refractivity contribution < 1.29 is 4.21 Å². The van der Waals surface area contributed by atoms with Crippen LogP contribution in [0.2, 0.25) is 0 Å². The van der Waals surface area contributed by atoms with Gasteiger partial charge in [-0.25, -0.2) is 9.97 Å². The summed E-state index contributed by atoms with van der Waals surface area (Å²) < 4.78 is 11.1. The van der Waals surface area contributed by atoms with Crippen LogP contribution in [0.15, 0.2) is 0 Å². The van der Waals surface area contributed by atoms with Gasteiger partial charge in [-0.3, -0.25) is 4.21 Å². The van der Waals surface area contributed by atoms with Gasteiger partial charge in [0.25, 0.3) is 0 Å². The van der Waals surface area contributed by atoms with E-state index in [0.717, 1.165) is 23.0 Å². The van der Waals surface area contributed by atoms with Crippen LogP contribution in [0.25, 0.3) is 0 Å². The molecule has 5 nitrogen and oxygen atoms in total. The summed E-state index contributed by atoms with van der Waals surface area (Å²) in [7, 11) is 1.10. The van der Waals surface area contributed by atoms with Crippen molar-refractivity contribution in [3.63, 3.8) is 0 Å². The van der Waals surface area contributed by atoms with Crippen LogP contribution in [0.3, 0.4) is 0 Å². The summed E-state index contributed by atoms with van der Waals surface area (Å²) in [6.07, 6.45) is 4.08. The molecule has 0 aliphatic heterocycles. The second kappa shape index (κ2) is 5.65. The fourth-order valence-electron chi connectivity index (χ4n) is 1.79. The predicted molar refractivity (Wildman–Crippen MR) is 75.7 cm³/mol. The third kappa shape index (κ3) is 3.19. The van der Waals surface area contributed by atoms with Crippen molar-refractivity contribution in [1.29, 1.82) is 0 Å². The van der Waals surface area contributed by atoms with Crippen molar-refractivity contribution in [3.8, 4) is 0 Å². The Kier molecular flexibility index (Phi) is 4.16. The number of rotatable bonds is 6. The highest BCUT2D eigenvalue weighted by molar-refractivity contribution is 7.84. The Bertz CT molecular complexity index is 460. The minimum absolute atomic E-state index is 0.526. The summed E-state index contributed by atoms with van der Waals surface area (Å²) in [5.41, 5.74) is 1.02. The van der Waals surface area contributed by atoms with E-state index in [1.807, 2.05) is 14.0 Å². The van der Waals surface area contributed by atoms with E-state index in [1.54, 1.807) is 6.26 Å². The Morgan fingerprint density at radius 3 is 2.56 bits per heavy atom. The minimum atomic E-state index is -0.776. The van der Waals surface area contributed by atoms with E-state index in [-0.39, 0.29) is 0 Å². The summed E-state index contributed by atoms with van der Waals surface area (Å²) >= 11 is 0. The smallest absolute Gasteiger partial charge is 0.136 e. The number of nitrogens with zero attached hydrogens (tertiary/aromatic N) is 2. The number of aromatic nitrogens is 2. The van der Waals surface area contributed by atoms with Crippen molar-refractivity contribution in [1.82, 2.24) is 9.97 Å². The lowest BCUT2D eigenvalue weighted by Crippen LogP contribution is -2.14. The highest BCUT2D eigenvalue weighted by atomic mass is 32.2. The first-order valence-electron chi connectivity index (χ1n) is 6.22. The second-order valence-corrected chi connectivity index (χ2v) is 6.19. The lowest BCUT2D eigenvalue weighted by molar-refractivity contribution is 0.687. The van der Waals surface area contributed by atoms with Gasteiger partial charge in [0.15, 0.2) is 0 Å². The molecule has 0 spiro atoms. The standard InChI is InChI=1S/C12H20N4OS/c1-8-10(13-2)15-12(9-4-5-9)16-11(8)14-6-7-18(3)17/h9H,4-7H2,1-3H3,(H2,13,14,15,16). The summed E-state index contributed by atoms with van der Waals surface area (Å²) in [5, 5.41) is 6.36. The molecule has 1 fully saturated rings. The Morgan fingerprint density at radius 1 is 1.33 bits per heavy atom. The molecule has 1 unspecified atom stereocenters. The van der Waals surface area contributed by atoms with Crippen LogP contribution in [0.5, 0.6) is 0 Å². The average molecular weight is 268 g/mol. The van der Waals surface area contributed by atoms with Gasteiger partial charge in [-0.1, -0.05) is 0 Å². The monoisotopic (exact) mass is 268 g/mol. The normalized spacial score (nSPS) is 16.4. The minimum Gasteiger partial charge on any atom is -0.373 e. The summed E-state index contributed by atoms with van der Waals surface area (Å²) in [6.45, 7) is 2.67. The molecule has 0 aromatic carbocycles. The lowest BCUT2D eigenvalue weighted by atomic mass is 10.2. The number of anilines is 2. The summed E-state index contributed by atoms with van der Waals surface area (Å²) in [6, 6.07) is 0. The van der Waals surface area contributed by atoms with Crippen LogP contribution < -0.4 is 10.6 Å². The molecule has 100 valence electrons. The fraction of sp³-hybridized carbons (Fsp3) is 0.667. The van der Waals surface area contributed by atoms with Crippen molar-refractivity contribution in [3.05, 3.63) is 11.4 Å². The van der Waals surface area contributed by atoms with Gasteiger partial charge < -0.3 is 10.6 Å². The van der Waals surface area contributed by atoms with E-state index >= 15 is 0 Å². The molecule has 0 bridgehead atoms. The third-order valence-electron chi connectivity index (χ3n) is 3.02. The molecule has 0 saturated heterocycles. The number of hydrogen-bond acceptors (Lipinski definition) is 5. The molecule has 1 heterocycles. The van der Waals surface area contributed by atoms with Crippen LogP contribution in [0.4, 0.5) is 11.6 Å². The Labute approximate surface area is 110 Å². The van der Waals surface area contributed by atoms with Crippen LogP contribution in [0, 0.1) is 6.92 Å². The highest BCUT2D eigenvalue weighted by Crippen LogP contribution is 2.39. The fourth-order valence-corrected chi connectivity index (χ4v) is 2.18. The molecule has 0 amide bonds. The van der Waals surface area contributed by atoms with Gasteiger partial charge in [0, 0.05) is 47.9 Å². The molecule has 1 atom stereocenters. The van der Waals surface area contributed by atoms with Crippen molar-refractivity contribution in [2.75, 3.05) is 36.2 Å². The van der Waals surface area contributed by atoms with Crippen molar-refractivity contribution in [2.24, 2.45) is 0 Å². The van der Waals surface area contributed by atoms with E-state index in [1.165, 1.54) is 12.8 Å². The molecule has 18 heavy (non-hydrogen) atoms. The van der Waals surface area contributed by atoms with Crippen molar-refractivity contribution in [2.45, 2.75) is 25.7 Å². The lowest BCUT2D eigenvalue weighted by Gasteiger charge is -2.13. The predicted octanol–water partition coefficient (Wildman–Crippen LogP) is 1.49. The van der Waals surface area contributed by atoms with Crippen molar-refractivity contribution >= 4 is 22.4 Å². The topological polar surface area (TPSA) is 66.9 Å². The Hall–Kier alpha value is -1.17. The average Bonchev–Trinajstić information content (AvgIpc) is 3.15. The first-order chi connectivity index (χ1) is 8.61. The van der Waals surface area contributed by atoms with Crippen LogP contribution in [-0.4, -0.2) is 39.8 Å². The molecule has 6 heteroatoms. The summed E-state index contributed by atoms with van der Waals surface area (Å²) in [5.74, 6) is 3.83. The quantitative estimate of drug-likeness (QED) is 0.818. The van der Waals surface area contributed by atoms with Crippen LogP contribution in [0.1, 0.15) is 30.1 Å². The van der Waals surface area contributed by atoms with E-state index < -0.39 is 10.8 Å². The zero-order valence-corrected chi connectivity index (χ0v) is 11.9. The van der Waals surface area contributed by atoms with Gasteiger partial charge >= 0.3 is 0 Å². The zero-order valence-electron chi connectivity index (χ0n) is 11.1. The van der Waals surface area contributed by atoms with Gasteiger partial charge in [0.05, 0.1) is 0 Å². The van der Waals surface area contributed by atoms with Gasteiger partial charge in [-0.05, 0) is 19.8 Å². The van der Waals surface area contributed by atoms with Crippen LogP contribution >= 0.6 is 0 Å². The Balaban J connectivity index is 2.15. The van der Waals surface area contributed by atoms with E-state index in [2.05, 4.69) is 20.6 Å². The van der Waals surface area contributed by atoms with Gasteiger partial charge in [0.2, 0.25) is 0 Å². The van der Waals surface area contributed by atoms with Crippen LogP contribution in [-0.2, 0) is 10.8 Å². The maximum atomic E-state index is 11.1. The Morgan fingerprint density at radius 2 is 2.00 bits per heavy atom. The third-order valence-corrected chi connectivity index (χ3v) is 3.80. The SMILES string of the molecule is CNc1nc(C2CC2)nc(NCCS(C)=O)c1C.